The fourth-order valence-corrected chi connectivity index (χ4v) is 3.47. The van der Waals surface area contributed by atoms with Crippen molar-refractivity contribution < 1.29 is 9.90 Å². The van der Waals surface area contributed by atoms with Gasteiger partial charge in [0.15, 0.2) is 0 Å². The summed E-state index contributed by atoms with van der Waals surface area (Å²) in [7, 11) is 0. The van der Waals surface area contributed by atoms with Gasteiger partial charge in [0.1, 0.15) is 6.61 Å². The van der Waals surface area contributed by atoms with Crippen molar-refractivity contribution in [2.45, 2.75) is 51.5 Å². The largest absolute Gasteiger partial charge is 0.384 e. The van der Waals surface area contributed by atoms with Crippen molar-refractivity contribution in [2.24, 2.45) is 0 Å². The molecule has 0 unspecified atom stereocenters. The molecule has 1 aromatic heterocycles. The predicted molar refractivity (Wildman–Crippen MR) is 82.0 cm³/mol. The number of aliphatic hydroxyl groups is 1. The number of aryl methyl sites for hydroxylation is 1. The first kappa shape index (κ1) is 15.1. The van der Waals surface area contributed by atoms with Gasteiger partial charge in [0, 0.05) is 6.04 Å². The molecule has 0 aliphatic heterocycles. The minimum absolute atomic E-state index is 0.0158. The van der Waals surface area contributed by atoms with E-state index in [0.29, 0.717) is 10.9 Å². The minimum Gasteiger partial charge on any atom is -0.384 e. The van der Waals surface area contributed by atoms with Gasteiger partial charge in [0.05, 0.1) is 9.75 Å². The molecule has 1 saturated carbocycles. The van der Waals surface area contributed by atoms with Gasteiger partial charge in [-0.25, -0.2) is 0 Å². The normalized spacial score (nSPS) is 16.1. The fourth-order valence-electron chi connectivity index (χ4n) is 2.52. The average Bonchev–Trinajstić information content (AvgIpc) is 2.64. The van der Waals surface area contributed by atoms with Crippen LogP contribution in [0, 0.1) is 18.8 Å². The lowest BCUT2D eigenvalue weighted by atomic mass is 10.1. The Labute approximate surface area is 124 Å². The van der Waals surface area contributed by atoms with Crippen LogP contribution >= 0.6 is 11.3 Å². The highest BCUT2D eigenvalue weighted by molar-refractivity contribution is 7.14. The molecule has 2 N–H and O–H groups in total. The highest BCUT2D eigenvalue weighted by atomic mass is 32.1. The maximum Gasteiger partial charge on any atom is 0.261 e. The quantitative estimate of drug-likeness (QED) is 0.650. The van der Waals surface area contributed by atoms with Gasteiger partial charge in [-0.1, -0.05) is 37.5 Å². The number of carbonyl (C=O) groups is 1. The zero-order valence-corrected chi connectivity index (χ0v) is 12.7. The Morgan fingerprint density at radius 2 is 2.10 bits per heavy atom. The maximum absolute atomic E-state index is 12.3. The van der Waals surface area contributed by atoms with Gasteiger partial charge in [-0.05, 0) is 31.4 Å². The van der Waals surface area contributed by atoms with E-state index in [0.717, 1.165) is 23.3 Å². The Bertz CT molecular complexity index is 516. The summed E-state index contributed by atoms with van der Waals surface area (Å²) in [4.78, 5) is 13.8. The number of thiophene rings is 1. The standard InChI is InChI=1S/C16H21NO2S/c1-12-11-15(20-14(12)9-6-10-18)16(19)17-13-7-4-2-3-5-8-13/h11,13,18H,2-5,7-8,10H2,1H3,(H,17,19). The molecule has 2 rings (SSSR count). The highest BCUT2D eigenvalue weighted by Gasteiger charge is 2.17. The second kappa shape index (κ2) is 7.47. The molecule has 1 amide bonds. The van der Waals surface area contributed by atoms with Crippen molar-refractivity contribution in [2.75, 3.05) is 6.61 Å². The number of hydrogen-bond donors (Lipinski definition) is 2. The molecule has 0 spiro atoms. The molecule has 1 aliphatic rings. The van der Waals surface area contributed by atoms with E-state index in [1.807, 2.05) is 13.0 Å². The smallest absolute Gasteiger partial charge is 0.261 e. The van der Waals surface area contributed by atoms with Crippen LogP contribution in [0.25, 0.3) is 0 Å². The number of amides is 1. The molecule has 0 aromatic carbocycles. The average molecular weight is 291 g/mol. The first-order valence-electron chi connectivity index (χ1n) is 7.21. The summed E-state index contributed by atoms with van der Waals surface area (Å²) in [6.07, 6.45) is 7.17. The Hall–Kier alpha value is -1.31. The third-order valence-electron chi connectivity index (χ3n) is 3.61. The molecular formula is C16H21NO2S. The molecule has 4 heteroatoms. The van der Waals surface area contributed by atoms with Crippen LogP contribution in [0.15, 0.2) is 6.07 Å². The fraction of sp³-hybridized carbons (Fsp3) is 0.562. The van der Waals surface area contributed by atoms with E-state index in [2.05, 4.69) is 17.2 Å². The van der Waals surface area contributed by atoms with Crippen LogP contribution in [-0.2, 0) is 0 Å². The van der Waals surface area contributed by atoms with Crippen molar-refractivity contribution in [1.29, 1.82) is 0 Å². The molecular weight excluding hydrogens is 270 g/mol. The predicted octanol–water partition coefficient (Wildman–Crippen LogP) is 2.85. The van der Waals surface area contributed by atoms with Crippen LogP contribution in [0.3, 0.4) is 0 Å². The van der Waals surface area contributed by atoms with E-state index in [1.165, 1.54) is 37.0 Å². The van der Waals surface area contributed by atoms with Crippen LogP contribution in [0.5, 0.6) is 0 Å². The van der Waals surface area contributed by atoms with E-state index in [1.54, 1.807) is 0 Å². The molecule has 1 aromatic rings. The highest BCUT2D eigenvalue weighted by Crippen LogP contribution is 2.22. The summed E-state index contributed by atoms with van der Waals surface area (Å²) < 4.78 is 0. The lowest BCUT2D eigenvalue weighted by Crippen LogP contribution is -2.33. The molecule has 0 saturated heterocycles. The van der Waals surface area contributed by atoms with E-state index >= 15 is 0 Å². The van der Waals surface area contributed by atoms with Gasteiger partial charge in [-0.2, -0.15) is 0 Å². The molecule has 3 nitrogen and oxygen atoms in total. The Morgan fingerprint density at radius 1 is 1.40 bits per heavy atom. The number of rotatable bonds is 2. The first-order chi connectivity index (χ1) is 9.70. The van der Waals surface area contributed by atoms with Crippen LogP contribution in [0.2, 0.25) is 0 Å². The topological polar surface area (TPSA) is 49.3 Å². The lowest BCUT2D eigenvalue weighted by Gasteiger charge is -2.15. The summed E-state index contributed by atoms with van der Waals surface area (Å²) in [5.41, 5.74) is 1.00. The van der Waals surface area contributed by atoms with Crippen LogP contribution in [-0.4, -0.2) is 23.7 Å². The molecule has 1 aliphatic carbocycles. The van der Waals surface area contributed by atoms with E-state index in [9.17, 15) is 4.79 Å². The van der Waals surface area contributed by atoms with Crippen molar-refractivity contribution >= 4 is 17.2 Å². The summed E-state index contributed by atoms with van der Waals surface area (Å²) in [5.74, 6) is 5.54. The Kier molecular flexibility index (Phi) is 5.63. The number of carbonyl (C=O) groups excluding carboxylic acids is 1. The second-order valence-corrected chi connectivity index (χ2v) is 6.30. The third-order valence-corrected chi connectivity index (χ3v) is 4.76. The van der Waals surface area contributed by atoms with Crippen molar-refractivity contribution in [3.8, 4) is 11.8 Å². The van der Waals surface area contributed by atoms with E-state index in [-0.39, 0.29) is 12.5 Å². The summed E-state index contributed by atoms with van der Waals surface area (Å²) in [6.45, 7) is 1.79. The van der Waals surface area contributed by atoms with Crippen LogP contribution in [0.1, 0.15) is 58.6 Å². The van der Waals surface area contributed by atoms with Crippen LogP contribution in [0.4, 0.5) is 0 Å². The maximum atomic E-state index is 12.3. The lowest BCUT2D eigenvalue weighted by molar-refractivity contribution is 0.0937. The number of aliphatic hydroxyl groups excluding tert-OH is 1. The summed E-state index contributed by atoms with van der Waals surface area (Å²) >= 11 is 1.40. The molecule has 1 heterocycles. The SMILES string of the molecule is Cc1cc(C(=O)NC2CCCCCC2)sc1C#CCO. The molecule has 0 radical (unpaired) electrons. The Morgan fingerprint density at radius 3 is 2.75 bits per heavy atom. The van der Waals surface area contributed by atoms with Gasteiger partial charge < -0.3 is 10.4 Å². The monoisotopic (exact) mass is 291 g/mol. The zero-order valence-electron chi connectivity index (χ0n) is 11.9. The van der Waals surface area contributed by atoms with Crippen molar-refractivity contribution in [1.82, 2.24) is 5.32 Å². The minimum atomic E-state index is -0.152. The third kappa shape index (κ3) is 4.09. The molecule has 20 heavy (non-hydrogen) atoms. The molecule has 108 valence electrons. The van der Waals surface area contributed by atoms with E-state index in [4.69, 9.17) is 5.11 Å². The van der Waals surface area contributed by atoms with Crippen molar-refractivity contribution in [3.63, 3.8) is 0 Å². The second-order valence-electron chi connectivity index (χ2n) is 5.24. The molecule has 0 atom stereocenters. The Balaban J connectivity index is 2.01. The van der Waals surface area contributed by atoms with E-state index < -0.39 is 0 Å². The van der Waals surface area contributed by atoms with Gasteiger partial charge in [-0.3, -0.25) is 4.79 Å². The van der Waals surface area contributed by atoms with Crippen LogP contribution < -0.4 is 5.32 Å². The molecule has 0 bridgehead atoms. The van der Waals surface area contributed by atoms with Gasteiger partial charge in [0.2, 0.25) is 0 Å². The van der Waals surface area contributed by atoms with Crippen molar-refractivity contribution in [3.05, 3.63) is 21.4 Å². The van der Waals surface area contributed by atoms with Gasteiger partial charge >= 0.3 is 0 Å². The zero-order chi connectivity index (χ0) is 14.4. The summed E-state index contributed by atoms with van der Waals surface area (Å²) in [6, 6.07) is 2.21. The first-order valence-corrected chi connectivity index (χ1v) is 8.03. The van der Waals surface area contributed by atoms with Gasteiger partial charge in [0.25, 0.3) is 5.91 Å². The molecule has 1 fully saturated rings. The number of hydrogen-bond acceptors (Lipinski definition) is 3. The number of nitrogens with one attached hydrogen (secondary N) is 1. The van der Waals surface area contributed by atoms with Gasteiger partial charge in [-0.15, -0.1) is 11.3 Å². The summed E-state index contributed by atoms with van der Waals surface area (Å²) in [5, 5.41) is 11.9.